The van der Waals surface area contributed by atoms with Crippen molar-refractivity contribution in [2.75, 3.05) is 23.9 Å². The molecule has 2 amide bonds. The first-order valence-corrected chi connectivity index (χ1v) is 8.45. The summed E-state index contributed by atoms with van der Waals surface area (Å²) in [5.41, 5.74) is 1.80. The van der Waals surface area contributed by atoms with Crippen LogP contribution in [0, 0.1) is 18.7 Å². The van der Waals surface area contributed by atoms with Crippen LogP contribution in [0.5, 0.6) is 0 Å². The Morgan fingerprint density at radius 3 is 2.63 bits per heavy atom. The molecule has 140 valence electrons. The van der Waals surface area contributed by atoms with Crippen LogP contribution in [0.2, 0.25) is 0 Å². The van der Waals surface area contributed by atoms with Crippen LogP contribution in [0.25, 0.3) is 0 Å². The van der Waals surface area contributed by atoms with E-state index in [1.807, 2.05) is 0 Å². The third kappa shape index (κ3) is 3.81. The Bertz CT molecular complexity index is 913. The van der Waals surface area contributed by atoms with Crippen molar-refractivity contribution in [3.8, 4) is 0 Å². The molecule has 6 nitrogen and oxygen atoms in total. The summed E-state index contributed by atoms with van der Waals surface area (Å²) < 4.78 is 18.6. The van der Waals surface area contributed by atoms with E-state index in [0.29, 0.717) is 16.8 Å². The maximum Gasteiger partial charge on any atom is 0.337 e. The number of methoxy groups -OCH3 is 1. The van der Waals surface area contributed by atoms with E-state index in [1.54, 1.807) is 37.3 Å². The number of benzene rings is 2. The average Bonchev–Trinajstić information content (AvgIpc) is 3.04. The standard InChI is InChI=1S/C20H19FN2O4/c1-12-9-13(20(26)27-2)7-8-16(12)22-19(25)14-10-18(24)23(11-14)17-6-4-3-5-15(17)21/h3-9,14H,10-11H2,1-2H3,(H,22,25). The second-order valence-electron chi connectivity index (χ2n) is 6.37. The lowest BCUT2D eigenvalue weighted by atomic mass is 10.1. The van der Waals surface area contributed by atoms with Gasteiger partial charge in [0.25, 0.3) is 0 Å². The molecule has 1 aliphatic heterocycles. The van der Waals surface area contributed by atoms with Gasteiger partial charge in [0.1, 0.15) is 5.82 Å². The van der Waals surface area contributed by atoms with E-state index >= 15 is 0 Å². The van der Waals surface area contributed by atoms with E-state index in [1.165, 1.54) is 24.1 Å². The van der Waals surface area contributed by atoms with Gasteiger partial charge in [0.05, 0.1) is 24.3 Å². The molecule has 0 aromatic heterocycles. The Morgan fingerprint density at radius 2 is 1.96 bits per heavy atom. The highest BCUT2D eigenvalue weighted by molar-refractivity contribution is 6.04. The molecule has 1 fully saturated rings. The van der Waals surface area contributed by atoms with Gasteiger partial charge in [0.2, 0.25) is 11.8 Å². The topological polar surface area (TPSA) is 75.7 Å². The van der Waals surface area contributed by atoms with Crippen LogP contribution in [0.3, 0.4) is 0 Å². The largest absolute Gasteiger partial charge is 0.465 e. The van der Waals surface area contributed by atoms with E-state index in [4.69, 9.17) is 0 Å². The number of carbonyl (C=O) groups excluding carboxylic acids is 3. The summed E-state index contributed by atoms with van der Waals surface area (Å²) >= 11 is 0. The van der Waals surface area contributed by atoms with E-state index in [0.717, 1.165) is 0 Å². The molecule has 0 aliphatic carbocycles. The number of anilines is 2. The number of rotatable bonds is 4. The second-order valence-corrected chi connectivity index (χ2v) is 6.37. The summed E-state index contributed by atoms with van der Waals surface area (Å²) in [6.07, 6.45) is 0.0134. The number of carbonyl (C=O) groups is 3. The highest BCUT2D eigenvalue weighted by atomic mass is 19.1. The highest BCUT2D eigenvalue weighted by Gasteiger charge is 2.36. The molecule has 1 unspecified atom stereocenters. The third-order valence-corrected chi connectivity index (χ3v) is 4.54. The number of hydrogen-bond acceptors (Lipinski definition) is 4. The average molecular weight is 370 g/mol. The number of nitrogens with one attached hydrogen (secondary N) is 1. The van der Waals surface area contributed by atoms with Gasteiger partial charge in [-0.3, -0.25) is 9.59 Å². The molecule has 1 saturated heterocycles. The molecule has 1 N–H and O–H groups in total. The van der Waals surface area contributed by atoms with Crippen LogP contribution in [-0.4, -0.2) is 31.4 Å². The van der Waals surface area contributed by atoms with Gasteiger partial charge in [-0.25, -0.2) is 9.18 Å². The lowest BCUT2D eigenvalue weighted by Crippen LogP contribution is -2.28. The summed E-state index contributed by atoms with van der Waals surface area (Å²) in [5, 5.41) is 2.78. The first kappa shape index (κ1) is 18.6. The summed E-state index contributed by atoms with van der Waals surface area (Å²) in [7, 11) is 1.30. The monoisotopic (exact) mass is 370 g/mol. The first-order chi connectivity index (χ1) is 12.9. The van der Waals surface area contributed by atoms with Crippen LogP contribution < -0.4 is 10.2 Å². The molecule has 27 heavy (non-hydrogen) atoms. The van der Waals surface area contributed by atoms with Crippen molar-refractivity contribution in [3.05, 3.63) is 59.4 Å². The molecule has 1 aliphatic rings. The Balaban J connectivity index is 1.71. The molecule has 7 heteroatoms. The first-order valence-electron chi connectivity index (χ1n) is 8.45. The van der Waals surface area contributed by atoms with Crippen molar-refractivity contribution in [3.63, 3.8) is 0 Å². The fraction of sp³-hybridized carbons (Fsp3) is 0.250. The van der Waals surface area contributed by atoms with Crippen molar-refractivity contribution in [1.82, 2.24) is 0 Å². The number of esters is 1. The zero-order chi connectivity index (χ0) is 19.6. The quantitative estimate of drug-likeness (QED) is 0.840. The van der Waals surface area contributed by atoms with Crippen molar-refractivity contribution in [1.29, 1.82) is 0 Å². The molecule has 0 radical (unpaired) electrons. The molecule has 0 bridgehead atoms. The fourth-order valence-electron chi connectivity index (χ4n) is 3.07. The number of ether oxygens (including phenoxy) is 1. The Labute approximate surface area is 155 Å². The molecular weight excluding hydrogens is 351 g/mol. The molecule has 0 spiro atoms. The van der Waals surface area contributed by atoms with Crippen molar-refractivity contribution in [2.24, 2.45) is 5.92 Å². The summed E-state index contributed by atoms with van der Waals surface area (Å²) in [4.78, 5) is 37.7. The maximum atomic E-state index is 13.9. The number of amides is 2. The third-order valence-electron chi connectivity index (χ3n) is 4.54. The van der Waals surface area contributed by atoms with E-state index in [-0.39, 0.29) is 30.5 Å². The zero-order valence-corrected chi connectivity index (χ0v) is 15.0. The minimum atomic E-state index is -0.586. The van der Waals surface area contributed by atoms with Gasteiger partial charge in [-0.2, -0.15) is 0 Å². The van der Waals surface area contributed by atoms with Gasteiger partial charge in [-0.05, 0) is 42.8 Å². The van der Waals surface area contributed by atoms with Crippen LogP contribution in [0.15, 0.2) is 42.5 Å². The minimum absolute atomic E-state index is 0.0134. The number of hydrogen-bond donors (Lipinski definition) is 1. The predicted molar refractivity (Wildman–Crippen MR) is 98.0 cm³/mol. The molecule has 1 heterocycles. The normalized spacial score (nSPS) is 16.3. The van der Waals surface area contributed by atoms with Gasteiger partial charge in [0, 0.05) is 18.7 Å². The SMILES string of the molecule is COC(=O)c1ccc(NC(=O)C2CC(=O)N(c3ccccc3F)C2)c(C)c1. The van der Waals surface area contributed by atoms with Gasteiger partial charge < -0.3 is 15.0 Å². The number of para-hydroxylation sites is 1. The van der Waals surface area contributed by atoms with E-state index in [9.17, 15) is 18.8 Å². The van der Waals surface area contributed by atoms with Crippen LogP contribution >= 0.6 is 0 Å². The lowest BCUT2D eigenvalue weighted by Gasteiger charge is -2.17. The number of aryl methyl sites for hydroxylation is 1. The van der Waals surface area contributed by atoms with Crippen LogP contribution in [0.1, 0.15) is 22.3 Å². The van der Waals surface area contributed by atoms with Gasteiger partial charge in [-0.1, -0.05) is 12.1 Å². The molecule has 3 rings (SSSR count). The summed E-state index contributed by atoms with van der Waals surface area (Å²) in [5.74, 6) is -2.16. The van der Waals surface area contributed by atoms with Gasteiger partial charge >= 0.3 is 5.97 Å². The Morgan fingerprint density at radius 1 is 1.22 bits per heavy atom. The van der Waals surface area contributed by atoms with Crippen molar-refractivity contribution < 1.29 is 23.5 Å². The zero-order valence-electron chi connectivity index (χ0n) is 15.0. The second kappa shape index (κ2) is 7.57. The molecule has 1 atom stereocenters. The lowest BCUT2D eigenvalue weighted by molar-refractivity contribution is -0.122. The van der Waals surface area contributed by atoms with Gasteiger partial charge in [0.15, 0.2) is 0 Å². The predicted octanol–water partition coefficient (Wildman–Crippen LogP) is 2.91. The van der Waals surface area contributed by atoms with E-state index in [2.05, 4.69) is 10.1 Å². The van der Waals surface area contributed by atoms with Crippen molar-refractivity contribution in [2.45, 2.75) is 13.3 Å². The maximum absolute atomic E-state index is 13.9. The molecular formula is C20H19FN2O4. The number of nitrogens with zero attached hydrogens (tertiary/aromatic N) is 1. The minimum Gasteiger partial charge on any atom is -0.465 e. The smallest absolute Gasteiger partial charge is 0.337 e. The Kier molecular flexibility index (Phi) is 5.21. The van der Waals surface area contributed by atoms with E-state index < -0.39 is 17.7 Å². The molecule has 2 aromatic rings. The van der Waals surface area contributed by atoms with Crippen molar-refractivity contribution >= 4 is 29.2 Å². The summed E-state index contributed by atoms with van der Waals surface area (Å²) in [6.45, 7) is 1.87. The molecule has 2 aromatic carbocycles. The summed E-state index contributed by atoms with van der Waals surface area (Å²) in [6, 6.07) is 10.8. The van der Waals surface area contributed by atoms with Crippen LogP contribution in [0.4, 0.5) is 15.8 Å². The van der Waals surface area contributed by atoms with Crippen LogP contribution in [-0.2, 0) is 14.3 Å². The highest BCUT2D eigenvalue weighted by Crippen LogP contribution is 2.28. The molecule has 0 saturated carbocycles. The van der Waals surface area contributed by atoms with Gasteiger partial charge in [-0.15, -0.1) is 0 Å². The fourth-order valence-corrected chi connectivity index (χ4v) is 3.07. The number of halogens is 1. The Hall–Kier alpha value is -3.22.